The van der Waals surface area contributed by atoms with Crippen LogP contribution in [0.2, 0.25) is 0 Å². The lowest BCUT2D eigenvalue weighted by atomic mass is 9.95. The fourth-order valence-corrected chi connectivity index (χ4v) is 5.45. The molecule has 3 rings (SSSR count). The molecule has 4 N–H and O–H groups in total. The lowest BCUT2D eigenvalue weighted by molar-refractivity contribution is -0.255. The summed E-state index contributed by atoms with van der Waals surface area (Å²) in [7, 11) is 3.57. The highest BCUT2D eigenvalue weighted by molar-refractivity contribution is 7.15. The molecule has 2 heterocycles. The van der Waals surface area contributed by atoms with Crippen LogP contribution < -0.4 is 31.5 Å². The van der Waals surface area contributed by atoms with Crippen molar-refractivity contribution in [3.8, 4) is 0 Å². The summed E-state index contributed by atoms with van der Waals surface area (Å²) in [4.78, 5) is 55.1. The molecule has 0 radical (unpaired) electrons. The van der Waals surface area contributed by atoms with Gasteiger partial charge in [-0.1, -0.05) is 12.1 Å². The van der Waals surface area contributed by atoms with E-state index in [1.807, 2.05) is 22.8 Å². The molecular weight excluding hydrogens is 526 g/mol. The first-order chi connectivity index (χ1) is 18.5. The maximum absolute atomic E-state index is 12.3. The summed E-state index contributed by atoms with van der Waals surface area (Å²) >= 11 is 1.46. The predicted molar refractivity (Wildman–Crippen MR) is 141 cm³/mol. The fourth-order valence-electron chi connectivity index (χ4n) is 4.35. The van der Waals surface area contributed by atoms with Gasteiger partial charge in [0, 0.05) is 44.0 Å². The number of rotatable bonds is 11. The molecular formula is C25H33N7O6S-2. The third-order valence-electron chi connectivity index (χ3n) is 6.25. The van der Waals surface area contributed by atoms with Crippen LogP contribution in [-0.2, 0) is 29.0 Å². The van der Waals surface area contributed by atoms with Gasteiger partial charge in [0.1, 0.15) is 12.2 Å². The third-order valence-corrected chi connectivity index (χ3v) is 7.24. The van der Waals surface area contributed by atoms with E-state index in [0.29, 0.717) is 30.2 Å². The van der Waals surface area contributed by atoms with E-state index in [-0.39, 0.29) is 17.7 Å². The van der Waals surface area contributed by atoms with E-state index in [4.69, 9.17) is 0 Å². The molecule has 13 nitrogen and oxygen atoms in total. The number of thiazole rings is 1. The first-order valence-corrected chi connectivity index (χ1v) is 13.3. The number of carbonyl (C=O) groups is 4. The third kappa shape index (κ3) is 9.41. The molecule has 0 atom stereocenters. The Morgan fingerprint density at radius 1 is 1.05 bits per heavy atom. The molecule has 212 valence electrons. The maximum atomic E-state index is 12.3. The fraction of sp³-hybridized carbons (Fsp3) is 0.480. The number of carboxylic acid groups (broad SMARTS) is 2. The zero-order chi connectivity index (χ0) is 28.5. The summed E-state index contributed by atoms with van der Waals surface area (Å²) in [6, 6.07) is 7.07. The number of amides is 4. The Labute approximate surface area is 230 Å². The molecule has 1 saturated heterocycles. The molecule has 1 aromatic carbocycles. The summed E-state index contributed by atoms with van der Waals surface area (Å²) < 4.78 is 0. The molecule has 0 saturated carbocycles. The van der Waals surface area contributed by atoms with Gasteiger partial charge in [-0.15, -0.1) is 11.3 Å². The van der Waals surface area contributed by atoms with E-state index in [9.17, 15) is 29.4 Å². The maximum Gasteiger partial charge on any atom is 0.225 e. The standard InChI is InChI=1S/C25H35N7O6S/c1-15(33)26-23-28-19(20(39-23)14-32-12-10-17(11-13-32)21(34)31(2)3)9-6-16-4-7-18(8-5-16)27-22(29-24(35)36)30-25(37)38/h4-5,7-8,17,22,27,29-30H,6,9-14H2,1-3H3,(H,35,36)(H,37,38)(H,26,28,33)/p-2. The molecule has 2 aromatic rings. The van der Waals surface area contributed by atoms with Gasteiger partial charge in [0.2, 0.25) is 11.8 Å². The van der Waals surface area contributed by atoms with Gasteiger partial charge in [-0.05, 0) is 56.5 Å². The number of likely N-dealkylation sites (tertiary alicyclic amines) is 1. The Balaban J connectivity index is 1.62. The van der Waals surface area contributed by atoms with Crippen LogP contribution in [0, 0.1) is 5.92 Å². The van der Waals surface area contributed by atoms with Crippen molar-refractivity contribution in [2.45, 2.75) is 45.4 Å². The number of carbonyl (C=O) groups excluding carboxylic acids is 4. The van der Waals surface area contributed by atoms with E-state index in [1.54, 1.807) is 31.1 Å². The second kappa shape index (κ2) is 13.8. The quantitative estimate of drug-likeness (QED) is 0.270. The number of nitrogens with one attached hydrogen (secondary N) is 4. The number of aromatic nitrogens is 1. The second-order valence-corrected chi connectivity index (χ2v) is 10.6. The van der Waals surface area contributed by atoms with E-state index in [1.165, 1.54) is 18.3 Å². The van der Waals surface area contributed by atoms with Crippen molar-refractivity contribution in [1.82, 2.24) is 25.4 Å². The Morgan fingerprint density at radius 3 is 2.21 bits per heavy atom. The Kier molecular flexibility index (Phi) is 10.5. The van der Waals surface area contributed by atoms with Crippen LogP contribution in [-0.4, -0.2) is 72.3 Å². The number of hydrogen-bond donors (Lipinski definition) is 4. The van der Waals surface area contributed by atoms with Gasteiger partial charge >= 0.3 is 0 Å². The molecule has 1 aromatic heterocycles. The van der Waals surface area contributed by atoms with Crippen molar-refractivity contribution < 1.29 is 29.4 Å². The Hall–Kier alpha value is -3.91. The summed E-state index contributed by atoms with van der Waals surface area (Å²) in [6.07, 6.45) is -1.72. The number of aryl methyl sites for hydroxylation is 2. The molecule has 14 heteroatoms. The molecule has 1 aliphatic rings. The Bertz CT molecular complexity index is 1150. The molecule has 0 spiro atoms. The molecule has 0 unspecified atom stereocenters. The lowest BCUT2D eigenvalue weighted by Gasteiger charge is -2.32. The molecule has 0 bridgehead atoms. The molecule has 0 aliphatic carbocycles. The van der Waals surface area contributed by atoms with E-state index in [0.717, 1.165) is 42.1 Å². The van der Waals surface area contributed by atoms with Crippen LogP contribution >= 0.6 is 11.3 Å². The monoisotopic (exact) mass is 559 g/mol. The van der Waals surface area contributed by atoms with Gasteiger partial charge < -0.3 is 46.0 Å². The van der Waals surface area contributed by atoms with Crippen LogP contribution in [0.1, 0.15) is 35.9 Å². The summed E-state index contributed by atoms with van der Waals surface area (Å²) in [5.74, 6) is 0.0312. The van der Waals surface area contributed by atoms with Gasteiger partial charge in [0.15, 0.2) is 11.4 Å². The summed E-state index contributed by atoms with van der Waals surface area (Å²) in [6.45, 7) is 3.76. The van der Waals surface area contributed by atoms with Gasteiger partial charge in [-0.3, -0.25) is 14.5 Å². The topological polar surface area (TPSA) is 182 Å². The van der Waals surface area contributed by atoms with Crippen molar-refractivity contribution in [2.24, 2.45) is 5.92 Å². The van der Waals surface area contributed by atoms with Gasteiger partial charge in [-0.2, -0.15) is 0 Å². The number of piperidine rings is 1. The van der Waals surface area contributed by atoms with E-state index < -0.39 is 18.5 Å². The second-order valence-electron chi connectivity index (χ2n) is 9.49. The minimum atomic E-state index is -1.65. The van der Waals surface area contributed by atoms with Crippen LogP contribution in [0.4, 0.5) is 20.4 Å². The summed E-state index contributed by atoms with van der Waals surface area (Å²) in [5, 5.41) is 31.3. The van der Waals surface area contributed by atoms with Crippen molar-refractivity contribution in [3.05, 3.63) is 40.4 Å². The molecule has 1 aliphatic heterocycles. The molecule has 4 amide bonds. The van der Waals surface area contributed by atoms with Crippen LogP contribution in [0.5, 0.6) is 0 Å². The minimum absolute atomic E-state index is 0.0491. The average Bonchev–Trinajstić information content (AvgIpc) is 3.22. The normalized spacial score (nSPS) is 14.1. The van der Waals surface area contributed by atoms with Crippen LogP contribution in [0.3, 0.4) is 0 Å². The minimum Gasteiger partial charge on any atom is -0.530 e. The van der Waals surface area contributed by atoms with Crippen molar-refractivity contribution in [1.29, 1.82) is 0 Å². The average molecular weight is 560 g/mol. The van der Waals surface area contributed by atoms with Crippen molar-refractivity contribution in [2.75, 3.05) is 37.8 Å². The van der Waals surface area contributed by atoms with E-state index >= 15 is 0 Å². The largest absolute Gasteiger partial charge is 0.530 e. The highest BCUT2D eigenvalue weighted by atomic mass is 32.1. The molecule has 1 fully saturated rings. The summed E-state index contributed by atoms with van der Waals surface area (Å²) in [5.41, 5.74) is 2.36. The smallest absolute Gasteiger partial charge is 0.225 e. The van der Waals surface area contributed by atoms with Gasteiger partial charge in [0.05, 0.1) is 5.69 Å². The number of benzene rings is 1. The van der Waals surface area contributed by atoms with Gasteiger partial charge in [0.25, 0.3) is 0 Å². The highest BCUT2D eigenvalue weighted by Gasteiger charge is 2.27. The lowest BCUT2D eigenvalue weighted by Crippen LogP contribution is -2.58. The number of nitrogens with zero attached hydrogens (tertiary/aromatic N) is 3. The SMILES string of the molecule is CC(=O)Nc1nc(CCc2ccc(NC(NC(=O)[O-])NC(=O)[O-])cc2)c(CN2CCC(C(=O)N(C)C)CC2)s1. The van der Waals surface area contributed by atoms with Crippen LogP contribution in [0.25, 0.3) is 0 Å². The first-order valence-electron chi connectivity index (χ1n) is 12.5. The van der Waals surface area contributed by atoms with E-state index in [2.05, 4.69) is 20.5 Å². The van der Waals surface area contributed by atoms with Crippen molar-refractivity contribution in [3.63, 3.8) is 0 Å². The van der Waals surface area contributed by atoms with Crippen molar-refractivity contribution >= 4 is 46.2 Å². The van der Waals surface area contributed by atoms with Crippen LogP contribution in [0.15, 0.2) is 24.3 Å². The number of anilines is 2. The zero-order valence-electron chi connectivity index (χ0n) is 22.1. The number of hydrogen-bond acceptors (Lipinski definition) is 10. The zero-order valence-corrected chi connectivity index (χ0v) is 22.9. The highest BCUT2D eigenvalue weighted by Crippen LogP contribution is 2.28. The predicted octanol–water partition coefficient (Wildman–Crippen LogP) is -0.252. The Morgan fingerprint density at radius 2 is 1.67 bits per heavy atom. The van der Waals surface area contributed by atoms with Gasteiger partial charge in [-0.25, -0.2) is 4.98 Å². The molecule has 39 heavy (non-hydrogen) atoms. The first kappa shape index (κ1) is 29.6.